The van der Waals surface area contributed by atoms with E-state index in [-0.39, 0.29) is 12.0 Å². The van der Waals surface area contributed by atoms with Gasteiger partial charge >= 0.3 is 10.3 Å². The fourth-order valence-electron chi connectivity index (χ4n) is 2.45. The summed E-state index contributed by atoms with van der Waals surface area (Å²) in [6.45, 7) is 7.29. The van der Waals surface area contributed by atoms with Crippen LogP contribution >= 0.6 is 0 Å². The van der Waals surface area contributed by atoms with Crippen LogP contribution in [0.3, 0.4) is 0 Å². The minimum Gasteiger partial charge on any atom is -0.492 e. The Hall–Kier alpha value is -1.15. The molecule has 6 nitrogen and oxygen atoms in total. The minimum atomic E-state index is -4.24. The van der Waals surface area contributed by atoms with Crippen molar-refractivity contribution in [2.24, 2.45) is 0 Å². The van der Waals surface area contributed by atoms with E-state index < -0.39 is 16.4 Å². The smallest absolute Gasteiger partial charge is 0.333 e. The predicted octanol–water partition coefficient (Wildman–Crippen LogP) is 2.22. The van der Waals surface area contributed by atoms with E-state index in [0.29, 0.717) is 13.2 Å². The Bertz CT molecular complexity index is 627. The summed E-state index contributed by atoms with van der Waals surface area (Å²) < 4.78 is 44.1. The third-order valence-electron chi connectivity index (χ3n) is 3.67. The van der Waals surface area contributed by atoms with Gasteiger partial charge in [0.1, 0.15) is 5.75 Å². The lowest BCUT2D eigenvalue weighted by molar-refractivity contribution is 0.0561. The highest BCUT2D eigenvalue weighted by atomic mass is 32.2. The fraction of sp³-hybridized carbons (Fsp3) is 0.600. The molecule has 1 aliphatic heterocycles. The highest BCUT2D eigenvalue weighted by molar-refractivity contribution is 7.83. The number of nitrogens with one attached hydrogen (secondary N) is 1. The summed E-state index contributed by atoms with van der Waals surface area (Å²) in [5, 5.41) is 0. The second-order valence-electron chi connectivity index (χ2n) is 6.11. The maximum atomic E-state index is 10.9. The fourth-order valence-corrected chi connectivity index (χ4v) is 2.81. The second-order valence-corrected chi connectivity index (χ2v) is 7.35. The number of rotatable bonds is 7. The summed E-state index contributed by atoms with van der Waals surface area (Å²) in [6.07, 6.45) is 0.366. The molecule has 1 unspecified atom stereocenters. The topological polar surface area (TPSA) is 84.9 Å². The van der Waals surface area contributed by atoms with Crippen molar-refractivity contribution in [3.05, 3.63) is 29.3 Å². The molecule has 1 aliphatic rings. The Morgan fingerprint density at radius 1 is 1.45 bits per heavy atom. The molecule has 0 fully saturated rings. The number of hydrogen-bond acceptors (Lipinski definition) is 4. The van der Waals surface area contributed by atoms with Gasteiger partial charge in [0.2, 0.25) is 0 Å². The molecule has 0 spiro atoms. The molecule has 0 aliphatic carbocycles. The zero-order valence-corrected chi connectivity index (χ0v) is 13.9. The van der Waals surface area contributed by atoms with Gasteiger partial charge in [-0.15, -0.1) is 0 Å². The molecule has 22 heavy (non-hydrogen) atoms. The van der Waals surface area contributed by atoms with E-state index >= 15 is 0 Å². The van der Waals surface area contributed by atoms with E-state index in [1.807, 2.05) is 25.1 Å². The Morgan fingerprint density at radius 2 is 2.18 bits per heavy atom. The molecule has 0 amide bonds. The Kier molecular flexibility index (Phi) is 5.11. The van der Waals surface area contributed by atoms with Gasteiger partial charge in [-0.25, -0.2) is 0 Å². The molecule has 1 atom stereocenters. The highest BCUT2D eigenvalue weighted by Gasteiger charge is 2.32. The van der Waals surface area contributed by atoms with Gasteiger partial charge in [-0.2, -0.15) is 13.1 Å². The first-order chi connectivity index (χ1) is 10.2. The maximum Gasteiger partial charge on any atom is 0.333 e. The standard InChI is InChI=1S/C15H23NO5S/c1-4-7-20-14(9-16-22(17,18)19)11-5-6-13-12(8-11)15(2,3)10-21-13/h5-6,8,14,16H,4,7,9-10H2,1-3H3,(H,17,18,19). The van der Waals surface area contributed by atoms with Crippen molar-refractivity contribution >= 4 is 10.3 Å². The first-order valence-corrected chi connectivity index (χ1v) is 8.78. The molecule has 2 rings (SSSR count). The van der Waals surface area contributed by atoms with E-state index in [9.17, 15) is 8.42 Å². The van der Waals surface area contributed by atoms with E-state index in [1.54, 1.807) is 0 Å². The molecule has 0 bridgehead atoms. The van der Waals surface area contributed by atoms with Crippen LogP contribution < -0.4 is 9.46 Å². The zero-order chi connectivity index (χ0) is 16.4. The summed E-state index contributed by atoms with van der Waals surface area (Å²) in [5.74, 6) is 0.853. The lowest BCUT2D eigenvalue weighted by Gasteiger charge is -2.21. The number of ether oxygens (including phenoxy) is 2. The van der Waals surface area contributed by atoms with Gasteiger partial charge in [0, 0.05) is 24.1 Å². The molecule has 2 N–H and O–H groups in total. The van der Waals surface area contributed by atoms with Crippen LogP contribution in [0.15, 0.2) is 18.2 Å². The Labute approximate surface area is 131 Å². The van der Waals surface area contributed by atoms with Gasteiger partial charge in [0.25, 0.3) is 0 Å². The van der Waals surface area contributed by atoms with Crippen LogP contribution in [0.1, 0.15) is 44.4 Å². The SMILES string of the molecule is CCCOC(CNS(=O)(=O)O)c1ccc2c(c1)C(C)(C)CO2. The average Bonchev–Trinajstić information content (AvgIpc) is 2.73. The van der Waals surface area contributed by atoms with Crippen LogP contribution in [-0.2, 0) is 20.5 Å². The van der Waals surface area contributed by atoms with Crippen LogP contribution in [0, 0.1) is 0 Å². The van der Waals surface area contributed by atoms with Crippen LogP contribution in [0.5, 0.6) is 5.75 Å². The van der Waals surface area contributed by atoms with Crippen molar-refractivity contribution < 1.29 is 22.4 Å². The zero-order valence-electron chi connectivity index (χ0n) is 13.1. The molecule has 0 saturated heterocycles. The van der Waals surface area contributed by atoms with Gasteiger partial charge in [0.15, 0.2) is 0 Å². The summed E-state index contributed by atoms with van der Waals surface area (Å²) in [6, 6.07) is 5.75. The molecular formula is C15H23NO5S. The summed E-state index contributed by atoms with van der Waals surface area (Å²) in [4.78, 5) is 0. The number of fused-ring (bicyclic) bond motifs is 1. The largest absolute Gasteiger partial charge is 0.492 e. The molecule has 0 saturated carbocycles. The van der Waals surface area contributed by atoms with Crippen molar-refractivity contribution in [3.63, 3.8) is 0 Å². The Balaban J connectivity index is 2.24. The van der Waals surface area contributed by atoms with Gasteiger partial charge in [-0.3, -0.25) is 4.55 Å². The predicted molar refractivity (Wildman–Crippen MR) is 83.5 cm³/mol. The third-order valence-corrected chi connectivity index (χ3v) is 4.20. The molecular weight excluding hydrogens is 306 g/mol. The van der Waals surface area contributed by atoms with E-state index in [0.717, 1.165) is 23.3 Å². The Morgan fingerprint density at radius 3 is 2.82 bits per heavy atom. The van der Waals surface area contributed by atoms with Gasteiger partial charge < -0.3 is 9.47 Å². The highest BCUT2D eigenvalue weighted by Crippen LogP contribution is 2.39. The van der Waals surface area contributed by atoms with Crippen molar-refractivity contribution in [1.82, 2.24) is 4.72 Å². The van der Waals surface area contributed by atoms with Gasteiger partial charge in [-0.1, -0.05) is 26.8 Å². The van der Waals surface area contributed by atoms with Crippen LogP contribution in [0.25, 0.3) is 0 Å². The van der Waals surface area contributed by atoms with Crippen LogP contribution in [-0.4, -0.2) is 32.7 Å². The minimum absolute atomic E-state index is 0.0150. The number of hydrogen-bond donors (Lipinski definition) is 2. The van der Waals surface area contributed by atoms with Crippen LogP contribution in [0.4, 0.5) is 0 Å². The van der Waals surface area contributed by atoms with Crippen molar-refractivity contribution in [3.8, 4) is 5.75 Å². The molecule has 7 heteroatoms. The van der Waals surface area contributed by atoms with E-state index in [1.165, 1.54) is 0 Å². The quantitative estimate of drug-likeness (QED) is 0.749. The van der Waals surface area contributed by atoms with Crippen molar-refractivity contribution in [2.45, 2.75) is 38.7 Å². The van der Waals surface area contributed by atoms with Gasteiger partial charge in [-0.05, 0) is 24.1 Å². The lowest BCUT2D eigenvalue weighted by Crippen LogP contribution is -2.29. The first kappa shape index (κ1) is 17.2. The maximum absolute atomic E-state index is 10.9. The monoisotopic (exact) mass is 329 g/mol. The molecule has 0 aromatic heterocycles. The normalized spacial score (nSPS) is 17.8. The summed E-state index contributed by atoms with van der Waals surface area (Å²) >= 11 is 0. The first-order valence-electron chi connectivity index (χ1n) is 7.34. The van der Waals surface area contributed by atoms with Crippen molar-refractivity contribution in [1.29, 1.82) is 0 Å². The lowest BCUT2D eigenvalue weighted by atomic mass is 9.85. The van der Waals surface area contributed by atoms with Crippen LogP contribution in [0.2, 0.25) is 0 Å². The van der Waals surface area contributed by atoms with E-state index in [2.05, 4.69) is 18.6 Å². The number of benzene rings is 1. The molecule has 124 valence electrons. The summed E-state index contributed by atoms with van der Waals surface area (Å²) in [5.41, 5.74) is 1.86. The van der Waals surface area contributed by atoms with E-state index in [4.69, 9.17) is 14.0 Å². The van der Waals surface area contributed by atoms with Gasteiger partial charge in [0.05, 0.1) is 12.7 Å². The molecule has 1 heterocycles. The third kappa shape index (κ3) is 4.19. The second kappa shape index (κ2) is 6.54. The average molecular weight is 329 g/mol. The van der Waals surface area contributed by atoms with Crippen molar-refractivity contribution in [2.75, 3.05) is 19.8 Å². The summed E-state index contributed by atoms with van der Waals surface area (Å²) in [7, 11) is -4.24. The molecule has 0 radical (unpaired) electrons. The molecule has 1 aromatic rings. The molecule has 1 aromatic carbocycles.